The summed E-state index contributed by atoms with van der Waals surface area (Å²) in [4.78, 5) is 2.15. The molecule has 0 amide bonds. The summed E-state index contributed by atoms with van der Waals surface area (Å²) >= 11 is 16.6. The molecule has 2 heterocycles. The van der Waals surface area contributed by atoms with Gasteiger partial charge < -0.3 is 14.4 Å². The number of nitrogens with zero attached hydrogens (tertiary/aromatic N) is 1. The highest BCUT2D eigenvalue weighted by Crippen LogP contribution is 2.34. The molecule has 0 radical (unpaired) electrons. The molecule has 2 aromatic rings. The zero-order valence-corrected chi connectivity index (χ0v) is 16.2. The predicted molar refractivity (Wildman–Crippen MR) is 103 cm³/mol. The number of anilines is 1. The molecule has 116 valence electrons. The van der Waals surface area contributed by atoms with E-state index in [0.717, 1.165) is 55.5 Å². The molecule has 1 N–H and O–H groups in total. The third kappa shape index (κ3) is 4.62. The molecule has 0 fully saturated rings. The molecular formula is C13H16BrNO2S4. The molecule has 21 heavy (non-hydrogen) atoms. The van der Waals surface area contributed by atoms with Gasteiger partial charge in [-0.05, 0) is 15.9 Å². The van der Waals surface area contributed by atoms with E-state index in [1.807, 2.05) is 11.4 Å². The van der Waals surface area contributed by atoms with Crippen molar-refractivity contribution in [2.45, 2.75) is 0 Å². The Hall–Kier alpha value is 0.270. The van der Waals surface area contributed by atoms with Crippen LogP contribution in [0.1, 0.15) is 0 Å². The quantitative estimate of drug-likeness (QED) is 0.371. The van der Waals surface area contributed by atoms with Gasteiger partial charge in [0.2, 0.25) is 0 Å². The summed E-state index contributed by atoms with van der Waals surface area (Å²) in [6.07, 6.45) is 0. The van der Waals surface area contributed by atoms with E-state index < -0.39 is 0 Å². The largest absolute Gasteiger partial charge is 0.438 e. The molecule has 0 bridgehead atoms. The fraction of sp³-hybridized carbons (Fsp3) is 0.462. The standard InChI is InChI=1S/C13H16BrNO2S4/c14-9-8-21-13-10(19)7-11(17-12(9)13)15(1-4-18)2-5-20-6-3-16/h7-8,16,18H,1-6H2. The van der Waals surface area contributed by atoms with Gasteiger partial charge in [-0.1, -0.05) is 12.2 Å². The molecule has 0 aliphatic heterocycles. The summed E-state index contributed by atoms with van der Waals surface area (Å²) in [5.74, 6) is 3.22. The molecule has 0 saturated heterocycles. The van der Waals surface area contributed by atoms with E-state index in [1.165, 1.54) is 0 Å². The summed E-state index contributed by atoms with van der Waals surface area (Å²) in [5.41, 5.74) is 0.815. The van der Waals surface area contributed by atoms with Crippen molar-refractivity contribution in [2.24, 2.45) is 0 Å². The lowest BCUT2D eigenvalue weighted by atomic mass is 10.4. The zero-order chi connectivity index (χ0) is 15.2. The molecule has 0 spiro atoms. The average molecular weight is 426 g/mol. The molecule has 2 aromatic heterocycles. The van der Waals surface area contributed by atoms with Crippen LogP contribution in [0.25, 0.3) is 10.3 Å². The van der Waals surface area contributed by atoms with Gasteiger partial charge in [-0.15, -0.1) is 11.3 Å². The molecule has 8 heteroatoms. The first-order valence-electron chi connectivity index (χ1n) is 6.42. The number of hydrogen-bond donors (Lipinski definition) is 2. The second-order valence-corrected chi connectivity index (χ2v) is 8.08. The van der Waals surface area contributed by atoms with E-state index in [1.54, 1.807) is 23.1 Å². The lowest BCUT2D eigenvalue weighted by Gasteiger charge is -2.22. The van der Waals surface area contributed by atoms with Crippen LogP contribution in [-0.2, 0) is 0 Å². The van der Waals surface area contributed by atoms with Crippen LogP contribution in [0.5, 0.6) is 0 Å². The molecule has 2 rings (SSSR count). The number of fused-ring (bicyclic) bond motifs is 1. The second-order valence-electron chi connectivity index (χ2n) is 4.24. The van der Waals surface area contributed by atoms with Gasteiger partial charge in [-0.25, -0.2) is 0 Å². The summed E-state index contributed by atoms with van der Waals surface area (Å²) < 4.78 is 8.77. The highest BCUT2D eigenvalue weighted by Gasteiger charge is 2.13. The maximum Gasteiger partial charge on any atom is 0.197 e. The maximum atomic E-state index is 8.83. The van der Waals surface area contributed by atoms with Gasteiger partial charge in [0.1, 0.15) is 0 Å². The van der Waals surface area contributed by atoms with E-state index in [0.29, 0.717) is 0 Å². The van der Waals surface area contributed by atoms with Crippen LogP contribution in [0.2, 0.25) is 0 Å². The van der Waals surface area contributed by atoms with E-state index in [4.69, 9.17) is 21.7 Å². The minimum atomic E-state index is 0.214. The Kier molecular flexibility index (Phi) is 7.37. The average Bonchev–Trinajstić information content (AvgIpc) is 2.84. The molecule has 0 aromatic carbocycles. The third-order valence-corrected chi connectivity index (χ3v) is 6.29. The number of halogens is 1. The lowest BCUT2D eigenvalue weighted by molar-refractivity contribution is 0.322. The van der Waals surface area contributed by atoms with Gasteiger partial charge in [0, 0.05) is 41.8 Å². The Labute approximate surface area is 151 Å². The smallest absolute Gasteiger partial charge is 0.197 e. The number of aliphatic hydroxyl groups excluding tert-OH is 1. The highest BCUT2D eigenvalue weighted by atomic mass is 79.9. The fourth-order valence-electron chi connectivity index (χ4n) is 1.85. The van der Waals surface area contributed by atoms with Crippen LogP contribution >= 0.6 is 63.9 Å². The maximum absolute atomic E-state index is 8.83. The first-order valence-corrected chi connectivity index (χ1v) is 10.3. The number of rotatable bonds is 8. The molecule has 0 atom stereocenters. The van der Waals surface area contributed by atoms with E-state index in [-0.39, 0.29) is 6.61 Å². The van der Waals surface area contributed by atoms with Gasteiger partial charge in [0.15, 0.2) is 11.5 Å². The summed E-state index contributed by atoms with van der Waals surface area (Å²) in [7, 11) is 0. The topological polar surface area (TPSA) is 36.6 Å². The van der Waals surface area contributed by atoms with E-state index >= 15 is 0 Å². The van der Waals surface area contributed by atoms with Crippen LogP contribution in [0.3, 0.4) is 0 Å². The molecule has 3 nitrogen and oxygen atoms in total. The van der Waals surface area contributed by atoms with Gasteiger partial charge in [0.05, 0.1) is 20.3 Å². The summed E-state index contributed by atoms with van der Waals surface area (Å²) in [6.45, 7) is 1.86. The molecule has 0 aliphatic carbocycles. The number of thiophene rings is 1. The second kappa shape index (κ2) is 8.79. The Morgan fingerprint density at radius 3 is 2.95 bits per heavy atom. The predicted octanol–water partition coefficient (Wildman–Crippen LogP) is 4.45. The Morgan fingerprint density at radius 2 is 2.24 bits per heavy atom. The van der Waals surface area contributed by atoms with Crippen LogP contribution in [-0.4, -0.2) is 42.1 Å². The molecular weight excluding hydrogens is 410 g/mol. The van der Waals surface area contributed by atoms with Crippen molar-refractivity contribution < 1.29 is 9.52 Å². The first-order chi connectivity index (χ1) is 10.2. The van der Waals surface area contributed by atoms with Gasteiger partial charge in [-0.2, -0.15) is 24.4 Å². The third-order valence-electron chi connectivity index (χ3n) is 2.81. The van der Waals surface area contributed by atoms with Crippen LogP contribution in [0.15, 0.2) is 20.3 Å². The molecule has 0 unspecified atom stereocenters. The van der Waals surface area contributed by atoms with Crippen molar-refractivity contribution in [2.75, 3.05) is 41.9 Å². The van der Waals surface area contributed by atoms with E-state index in [2.05, 4.69) is 33.5 Å². The van der Waals surface area contributed by atoms with Gasteiger partial charge in [0.25, 0.3) is 0 Å². The minimum absolute atomic E-state index is 0.214. The minimum Gasteiger partial charge on any atom is -0.438 e. The van der Waals surface area contributed by atoms with Gasteiger partial charge in [-0.3, -0.25) is 0 Å². The van der Waals surface area contributed by atoms with Crippen LogP contribution in [0.4, 0.5) is 5.88 Å². The SMILES string of the molecule is OCCSCCN(CCS)c1cc(=S)c2scc(Br)c2o1. The number of thioether (sulfide) groups is 1. The number of thiol groups is 1. The Morgan fingerprint density at radius 1 is 1.43 bits per heavy atom. The van der Waals surface area contributed by atoms with Gasteiger partial charge >= 0.3 is 0 Å². The Balaban J connectivity index is 2.22. The summed E-state index contributed by atoms with van der Waals surface area (Å²) in [5, 5.41) is 10.8. The molecule has 0 saturated carbocycles. The van der Waals surface area contributed by atoms with Crippen molar-refractivity contribution in [3.63, 3.8) is 0 Å². The van der Waals surface area contributed by atoms with E-state index in [9.17, 15) is 0 Å². The first kappa shape index (κ1) is 17.6. The van der Waals surface area contributed by atoms with Crippen molar-refractivity contribution in [3.8, 4) is 0 Å². The van der Waals surface area contributed by atoms with Crippen LogP contribution in [0, 0.1) is 4.51 Å². The highest BCUT2D eigenvalue weighted by molar-refractivity contribution is 9.10. The fourth-order valence-corrected chi connectivity index (χ4v) is 4.57. The van der Waals surface area contributed by atoms with Crippen molar-refractivity contribution in [3.05, 3.63) is 20.4 Å². The van der Waals surface area contributed by atoms with Crippen molar-refractivity contribution in [1.82, 2.24) is 0 Å². The van der Waals surface area contributed by atoms with Crippen molar-refractivity contribution >= 4 is 80.0 Å². The number of aliphatic hydroxyl groups is 1. The van der Waals surface area contributed by atoms with Crippen LogP contribution < -0.4 is 4.90 Å². The zero-order valence-electron chi connectivity index (χ0n) is 11.2. The summed E-state index contributed by atoms with van der Waals surface area (Å²) in [6, 6.07) is 1.92. The van der Waals surface area contributed by atoms with Crippen molar-refractivity contribution in [1.29, 1.82) is 0 Å². The number of hydrogen-bond acceptors (Lipinski definition) is 7. The monoisotopic (exact) mass is 425 g/mol. The lowest BCUT2D eigenvalue weighted by Crippen LogP contribution is -2.28. The normalized spacial score (nSPS) is 11.2. The Bertz CT molecular complexity index is 643. The molecule has 0 aliphatic rings.